The molecular weight excluding hydrogens is 166 g/mol. The van der Waals surface area contributed by atoms with Crippen LogP contribution in [0.4, 0.5) is 0 Å². The van der Waals surface area contributed by atoms with E-state index in [0.717, 1.165) is 5.57 Å². The van der Waals surface area contributed by atoms with Gasteiger partial charge < -0.3 is 10.4 Å². The smallest absolute Gasteiger partial charge is 0.207 e. The van der Waals surface area contributed by atoms with Gasteiger partial charge in [0.2, 0.25) is 6.41 Å². The van der Waals surface area contributed by atoms with E-state index in [4.69, 9.17) is 0 Å². The van der Waals surface area contributed by atoms with Crippen molar-refractivity contribution in [1.29, 1.82) is 0 Å². The maximum atomic E-state index is 9.97. The molecule has 0 rings (SSSR count). The number of hydrogen-bond donors (Lipinski definition) is 2. The number of rotatable bonds is 6. The van der Waals surface area contributed by atoms with E-state index in [2.05, 4.69) is 11.9 Å². The molecule has 0 saturated carbocycles. The Morgan fingerprint density at radius 1 is 1.69 bits per heavy atom. The number of nitrogens with one attached hydrogen (secondary N) is 1. The highest BCUT2D eigenvalue weighted by Gasteiger charge is 2.05. The Morgan fingerprint density at radius 3 is 2.85 bits per heavy atom. The molecule has 1 unspecified atom stereocenters. The molecule has 0 aliphatic carbocycles. The van der Waals surface area contributed by atoms with Gasteiger partial charge in [0.15, 0.2) is 0 Å². The molecule has 1 amide bonds. The van der Waals surface area contributed by atoms with Crippen LogP contribution in [0.3, 0.4) is 0 Å². The fraction of sp³-hybridized carbons (Fsp3) is 0.300. The van der Waals surface area contributed by atoms with Crippen LogP contribution in [-0.4, -0.2) is 24.2 Å². The van der Waals surface area contributed by atoms with E-state index in [-0.39, 0.29) is 6.54 Å². The Labute approximate surface area is 78.5 Å². The average Bonchev–Trinajstić information content (AvgIpc) is 2.14. The number of amides is 1. The highest BCUT2D eigenvalue weighted by atomic mass is 16.3. The van der Waals surface area contributed by atoms with E-state index in [1.165, 1.54) is 0 Å². The van der Waals surface area contributed by atoms with Crippen molar-refractivity contribution in [3.05, 3.63) is 36.5 Å². The van der Waals surface area contributed by atoms with Gasteiger partial charge in [0.1, 0.15) is 0 Å². The minimum absolute atomic E-state index is 0.216. The molecule has 1 atom stereocenters. The SMILES string of the molecule is C=C/C=C(\C=C/C)C(O)CNC=O. The first-order valence-corrected chi connectivity index (χ1v) is 4.06. The molecule has 0 aliphatic rings. The van der Waals surface area contributed by atoms with E-state index in [0.29, 0.717) is 6.41 Å². The van der Waals surface area contributed by atoms with E-state index >= 15 is 0 Å². The first-order valence-electron chi connectivity index (χ1n) is 4.06. The summed E-state index contributed by atoms with van der Waals surface area (Å²) < 4.78 is 0. The molecule has 13 heavy (non-hydrogen) atoms. The summed E-state index contributed by atoms with van der Waals surface area (Å²) in [7, 11) is 0. The highest BCUT2D eigenvalue weighted by molar-refractivity contribution is 5.46. The molecule has 0 aromatic rings. The summed E-state index contributed by atoms with van der Waals surface area (Å²) in [5.41, 5.74) is 0.729. The van der Waals surface area contributed by atoms with Crippen molar-refractivity contribution in [3.8, 4) is 0 Å². The maximum absolute atomic E-state index is 9.97. The van der Waals surface area contributed by atoms with Crippen LogP contribution in [0.2, 0.25) is 0 Å². The fourth-order valence-electron chi connectivity index (χ4n) is 0.884. The zero-order valence-corrected chi connectivity index (χ0v) is 7.73. The lowest BCUT2D eigenvalue weighted by molar-refractivity contribution is -0.109. The fourth-order valence-corrected chi connectivity index (χ4v) is 0.884. The Morgan fingerprint density at radius 2 is 2.38 bits per heavy atom. The average molecular weight is 181 g/mol. The molecule has 0 aromatic heterocycles. The van der Waals surface area contributed by atoms with Crippen molar-refractivity contribution in [3.63, 3.8) is 0 Å². The zero-order chi connectivity index (χ0) is 10.1. The molecule has 2 N–H and O–H groups in total. The number of aliphatic hydroxyl groups is 1. The third kappa shape index (κ3) is 4.98. The molecule has 72 valence electrons. The number of carbonyl (C=O) groups excluding carboxylic acids is 1. The highest BCUT2D eigenvalue weighted by Crippen LogP contribution is 2.03. The van der Waals surface area contributed by atoms with E-state index in [9.17, 15) is 9.90 Å². The summed E-state index contributed by atoms with van der Waals surface area (Å²) in [6.07, 6.45) is 6.78. The number of allylic oxidation sites excluding steroid dienone is 3. The Hall–Kier alpha value is -1.35. The molecule has 0 aliphatic heterocycles. The molecule has 3 heteroatoms. The van der Waals surface area contributed by atoms with Crippen molar-refractivity contribution in [2.24, 2.45) is 0 Å². The molecule has 0 fully saturated rings. The largest absolute Gasteiger partial charge is 0.387 e. The molecule has 0 heterocycles. The van der Waals surface area contributed by atoms with Gasteiger partial charge in [0.25, 0.3) is 0 Å². The summed E-state index contributed by atoms with van der Waals surface area (Å²) in [4.78, 5) is 9.97. The van der Waals surface area contributed by atoms with Crippen LogP contribution in [0, 0.1) is 0 Å². The molecule has 0 aromatic carbocycles. The van der Waals surface area contributed by atoms with Gasteiger partial charge in [-0.05, 0) is 12.5 Å². The van der Waals surface area contributed by atoms with Gasteiger partial charge in [0.05, 0.1) is 6.10 Å². The lowest BCUT2D eigenvalue weighted by Crippen LogP contribution is -2.26. The quantitative estimate of drug-likeness (QED) is 0.470. The van der Waals surface area contributed by atoms with Crippen molar-refractivity contribution in [2.45, 2.75) is 13.0 Å². The minimum atomic E-state index is -0.681. The summed E-state index contributed by atoms with van der Waals surface area (Å²) in [6, 6.07) is 0. The van der Waals surface area contributed by atoms with E-state index < -0.39 is 6.10 Å². The van der Waals surface area contributed by atoms with E-state index in [1.54, 1.807) is 18.2 Å². The van der Waals surface area contributed by atoms with Gasteiger partial charge in [-0.15, -0.1) is 0 Å². The van der Waals surface area contributed by atoms with E-state index in [1.807, 2.05) is 13.0 Å². The van der Waals surface area contributed by atoms with Gasteiger partial charge in [-0.1, -0.05) is 30.9 Å². The van der Waals surface area contributed by atoms with Gasteiger partial charge in [-0.25, -0.2) is 0 Å². The molecule has 3 nitrogen and oxygen atoms in total. The third-order valence-corrected chi connectivity index (χ3v) is 1.45. The molecule has 0 saturated heterocycles. The van der Waals surface area contributed by atoms with Crippen molar-refractivity contribution < 1.29 is 9.90 Å². The maximum Gasteiger partial charge on any atom is 0.207 e. The van der Waals surface area contributed by atoms with Gasteiger partial charge >= 0.3 is 0 Å². The monoisotopic (exact) mass is 181 g/mol. The number of aliphatic hydroxyl groups excluding tert-OH is 1. The lowest BCUT2D eigenvalue weighted by atomic mass is 10.1. The first-order chi connectivity index (χ1) is 6.26. The van der Waals surface area contributed by atoms with Crippen molar-refractivity contribution in [2.75, 3.05) is 6.54 Å². The molecule has 0 radical (unpaired) electrons. The topological polar surface area (TPSA) is 49.3 Å². The van der Waals surface area contributed by atoms with Crippen molar-refractivity contribution >= 4 is 6.41 Å². The second-order valence-corrected chi connectivity index (χ2v) is 2.44. The van der Waals surface area contributed by atoms with Crippen LogP contribution in [-0.2, 0) is 4.79 Å². The lowest BCUT2D eigenvalue weighted by Gasteiger charge is -2.10. The predicted octanol–water partition coefficient (Wildman–Crippen LogP) is 0.782. The Kier molecular flexibility index (Phi) is 6.55. The van der Waals surface area contributed by atoms with Crippen LogP contribution in [0.25, 0.3) is 0 Å². The molecule has 0 bridgehead atoms. The Balaban J connectivity index is 4.27. The third-order valence-electron chi connectivity index (χ3n) is 1.45. The normalized spacial score (nSPS) is 14.2. The Bertz CT molecular complexity index is 219. The second-order valence-electron chi connectivity index (χ2n) is 2.44. The predicted molar refractivity (Wildman–Crippen MR) is 53.2 cm³/mol. The van der Waals surface area contributed by atoms with Crippen LogP contribution < -0.4 is 5.32 Å². The minimum Gasteiger partial charge on any atom is -0.387 e. The second kappa shape index (κ2) is 7.31. The first kappa shape index (κ1) is 11.6. The van der Waals surface area contributed by atoms with Gasteiger partial charge in [0, 0.05) is 6.54 Å². The van der Waals surface area contributed by atoms with Gasteiger partial charge in [-0.3, -0.25) is 4.79 Å². The summed E-state index contributed by atoms with van der Waals surface area (Å²) in [5, 5.41) is 11.9. The number of hydrogen-bond acceptors (Lipinski definition) is 2. The standard InChI is InChI=1S/C10H15NO2/c1-3-5-9(6-4-2)10(13)7-11-8-12/h3-6,8,10,13H,1,7H2,2H3,(H,11,12)/b6-4-,9-5+. The summed E-state index contributed by atoms with van der Waals surface area (Å²) in [5.74, 6) is 0. The zero-order valence-electron chi connectivity index (χ0n) is 7.73. The van der Waals surface area contributed by atoms with Crippen LogP contribution in [0.5, 0.6) is 0 Å². The van der Waals surface area contributed by atoms with Crippen LogP contribution in [0.1, 0.15) is 6.92 Å². The van der Waals surface area contributed by atoms with Gasteiger partial charge in [-0.2, -0.15) is 0 Å². The summed E-state index contributed by atoms with van der Waals surface area (Å²) >= 11 is 0. The molecular formula is C10H15NO2. The number of carbonyl (C=O) groups is 1. The molecule has 0 spiro atoms. The summed E-state index contributed by atoms with van der Waals surface area (Å²) in [6.45, 7) is 5.61. The van der Waals surface area contributed by atoms with Crippen LogP contribution >= 0.6 is 0 Å². The van der Waals surface area contributed by atoms with Crippen molar-refractivity contribution in [1.82, 2.24) is 5.32 Å². The van der Waals surface area contributed by atoms with Crippen LogP contribution in [0.15, 0.2) is 36.5 Å².